The van der Waals surface area contributed by atoms with Crippen LogP contribution in [-0.4, -0.2) is 13.4 Å². The summed E-state index contributed by atoms with van der Waals surface area (Å²) in [6, 6.07) is 7.84. The molecule has 0 aliphatic heterocycles. The van der Waals surface area contributed by atoms with Crippen LogP contribution in [0.25, 0.3) is 0 Å². The minimum atomic E-state index is -3.65. The molecule has 7 heteroatoms. The second-order valence-corrected chi connectivity index (χ2v) is 6.58. The lowest BCUT2D eigenvalue weighted by Gasteiger charge is -2.09. The number of pyridine rings is 1. The summed E-state index contributed by atoms with van der Waals surface area (Å²) < 4.78 is 27.5. The molecule has 0 spiro atoms. The second-order valence-electron chi connectivity index (χ2n) is 3.99. The first-order valence-electron chi connectivity index (χ1n) is 5.39. The summed E-state index contributed by atoms with van der Waals surface area (Å²) in [5.74, 6) is 0.262. The van der Waals surface area contributed by atoms with E-state index in [9.17, 15) is 8.42 Å². The van der Waals surface area contributed by atoms with Crippen LogP contribution in [0, 0.1) is 6.92 Å². The van der Waals surface area contributed by atoms with E-state index in [4.69, 9.17) is 5.73 Å². The smallest absolute Gasteiger partial charge is 0.263 e. The molecule has 0 fully saturated rings. The van der Waals surface area contributed by atoms with E-state index in [-0.39, 0.29) is 10.7 Å². The first-order chi connectivity index (χ1) is 8.88. The molecular weight excluding hydrogens is 330 g/mol. The molecule has 2 aromatic rings. The van der Waals surface area contributed by atoms with Crippen molar-refractivity contribution in [2.45, 2.75) is 11.8 Å². The van der Waals surface area contributed by atoms with E-state index in [2.05, 4.69) is 25.6 Å². The van der Waals surface area contributed by atoms with Crippen LogP contribution in [0.2, 0.25) is 0 Å². The molecule has 100 valence electrons. The summed E-state index contributed by atoms with van der Waals surface area (Å²) in [6.45, 7) is 1.76. The third-order valence-electron chi connectivity index (χ3n) is 2.52. The largest absolute Gasteiger partial charge is 0.399 e. The average Bonchev–Trinajstić information content (AvgIpc) is 2.35. The molecule has 1 aromatic carbocycles. The summed E-state index contributed by atoms with van der Waals surface area (Å²) in [5.41, 5.74) is 6.94. The molecule has 0 aliphatic rings. The Morgan fingerprint density at radius 1 is 1.26 bits per heavy atom. The number of aromatic nitrogens is 1. The van der Waals surface area contributed by atoms with Gasteiger partial charge in [0, 0.05) is 16.4 Å². The van der Waals surface area contributed by atoms with Gasteiger partial charge in [-0.3, -0.25) is 4.72 Å². The Kier molecular flexibility index (Phi) is 3.77. The molecule has 0 bridgehead atoms. The molecule has 0 unspecified atom stereocenters. The Bertz CT molecular complexity index is 699. The van der Waals surface area contributed by atoms with E-state index in [1.807, 2.05) is 0 Å². The average molecular weight is 342 g/mol. The molecule has 0 saturated heterocycles. The van der Waals surface area contributed by atoms with Crippen LogP contribution in [0.3, 0.4) is 0 Å². The number of aryl methyl sites for hydroxylation is 1. The van der Waals surface area contributed by atoms with Crippen molar-refractivity contribution in [3.05, 3.63) is 46.6 Å². The fourth-order valence-electron chi connectivity index (χ4n) is 1.45. The maximum Gasteiger partial charge on any atom is 0.263 e. The monoisotopic (exact) mass is 341 g/mol. The number of halogens is 1. The van der Waals surface area contributed by atoms with Gasteiger partial charge in [0.15, 0.2) is 0 Å². The van der Waals surface area contributed by atoms with E-state index < -0.39 is 10.0 Å². The highest BCUT2D eigenvalue weighted by molar-refractivity contribution is 9.10. The normalized spacial score (nSPS) is 11.3. The third kappa shape index (κ3) is 3.24. The lowest BCUT2D eigenvalue weighted by molar-refractivity contribution is 0.601. The third-order valence-corrected chi connectivity index (χ3v) is 4.34. The van der Waals surface area contributed by atoms with E-state index >= 15 is 0 Å². The van der Waals surface area contributed by atoms with Gasteiger partial charge < -0.3 is 5.73 Å². The van der Waals surface area contributed by atoms with Crippen LogP contribution in [0.5, 0.6) is 0 Å². The summed E-state index contributed by atoms with van der Waals surface area (Å²) in [7, 11) is -3.65. The summed E-state index contributed by atoms with van der Waals surface area (Å²) in [5, 5.41) is 0. The van der Waals surface area contributed by atoms with E-state index in [0.717, 1.165) is 4.47 Å². The van der Waals surface area contributed by atoms with Gasteiger partial charge in [-0.25, -0.2) is 13.4 Å². The van der Waals surface area contributed by atoms with Gasteiger partial charge in [-0.2, -0.15) is 0 Å². The maximum atomic E-state index is 12.1. The van der Waals surface area contributed by atoms with Crippen LogP contribution in [-0.2, 0) is 10.0 Å². The predicted octanol–water partition coefficient (Wildman–Crippen LogP) is 2.54. The van der Waals surface area contributed by atoms with Crippen molar-refractivity contribution < 1.29 is 8.42 Å². The topological polar surface area (TPSA) is 85.1 Å². The molecule has 0 atom stereocenters. The predicted molar refractivity (Wildman–Crippen MR) is 78.3 cm³/mol. The Morgan fingerprint density at radius 2 is 2.00 bits per heavy atom. The van der Waals surface area contributed by atoms with Gasteiger partial charge in [0.25, 0.3) is 10.0 Å². The molecule has 1 aromatic heterocycles. The Balaban J connectivity index is 2.32. The summed E-state index contributed by atoms with van der Waals surface area (Å²) >= 11 is 3.23. The van der Waals surface area contributed by atoms with Gasteiger partial charge in [0.2, 0.25) is 0 Å². The fourth-order valence-corrected chi connectivity index (χ4v) is 2.78. The van der Waals surface area contributed by atoms with E-state index in [0.29, 0.717) is 11.3 Å². The van der Waals surface area contributed by atoms with Crippen LogP contribution in [0.1, 0.15) is 5.56 Å². The molecule has 0 amide bonds. The molecule has 19 heavy (non-hydrogen) atoms. The first-order valence-corrected chi connectivity index (χ1v) is 7.66. The Hall–Kier alpha value is -1.60. The van der Waals surface area contributed by atoms with Crippen molar-refractivity contribution in [3.8, 4) is 0 Å². The molecule has 1 heterocycles. The second kappa shape index (κ2) is 5.18. The maximum absolute atomic E-state index is 12.1. The lowest BCUT2D eigenvalue weighted by atomic mass is 10.2. The number of anilines is 2. The molecular formula is C12H12BrN3O2S. The van der Waals surface area contributed by atoms with Gasteiger partial charge >= 0.3 is 0 Å². The van der Waals surface area contributed by atoms with Gasteiger partial charge in [-0.15, -0.1) is 0 Å². The molecule has 2 rings (SSSR count). The molecule has 0 saturated carbocycles. The van der Waals surface area contributed by atoms with Gasteiger partial charge in [0.05, 0.1) is 4.90 Å². The Labute approximate surface area is 120 Å². The van der Waals surface area contributed by atoms with Crippen LogP contribution in [0.4, 0.5) is 11.5 Å². The Morgan fingerprint density at radius 3 is 2.58 bits per heavy atom. The fraction of sp³-hybridized carbons (Fsp3) is 0.0833. The van der Waals surface area contributed by atoms with Crippen LogP contribution in [0.15, 0.2) is 45.9 Å². The molecule has 3 N–H and O–H groups in total. The number of nitrogens with zero attached hydrogens (tertiary/aromatic N) is 1. The van der Waals surface area contributed by atoms with Crippen molar-refractivity contribution in [3.63, 3.8) is 0 Å². The number of nitrogen functional groups attached to an aromatic ring is 1. The van der Waals surface area contributed by atoms with Crippen molar-refractivity contribution in [1.82, 2.24) is 4.98 Å². The first kappa shape index (κ1) is 13.8. The number of benzene rings is 1. The molecule has 5 nitrogen and oxygen atoms in total. The standard InChI is InChI=1S/C12H12BrN3O2S/c1-8-6-10(3-4-11(8)14)19(17,18)16-12-5-2-9(13)7-15-12/h2-7H,14H2,1H3,(H,15,16). The SMILES string of the molecule is Cc1cc(S(=O)(=O)Nc2ccc(Br)cn2)ccc1N. The minimum absolute atomic E-state index is 0.156. The van der Waals surface area contributed by atoms with Crippen molar-refractivity contribution >= 4 is 37.5 Å². The minimum Gasteiger partial charge on any atom is -0.399 e. The molecule has 0 aliphatic carbocycles. The van der Waals surface area contributed by atoms with Crippen molar-refractivity contribution in [2.24, 2.45) is 0 Å². The van der Waals surface area contributed by atoms with Gasteiger partial charge in [-0.05, 0) is 58.7 Å². The summed E-state index contributed by atoms with van der Waals surface area (Å²) in [6.07, 6.45) is 1.52. The number of hydrogen-bond acceptors (Lipinski definition) is 4. The quantitative estimate of drug-likeness (QED) is 0.840. The zero-order valence-corrected chi connectivity index (χ0v) is 12.5. The van der Waals surface area contributed by atoms with Gasteiger partial charge in [-0.1, -0.05) is 0 Å². The zero-order valence-electron chi connectivity index (χ0n) is 10.1. The van der Waals surface area contributed by atoms with E-state index in [1.54, 1.807) is 25.1 Å². The summed E-state index contributed by atoms with van der Waals surface area (Å²) in [4.78, 5) is 4.12. The highest BCUT2D eigenvalue weighted by Crippen LogP contribution is 2.19. The van der Waals surface area contributed by atoms with Crippen LogP contribution >= 0.6 is 15.9 Å². The number of rotatable bonds is 3. The zero-order chi connectivity index (χ0) is 14.0. The number of nitrogens with two attached hydrogens (primary N) is 1. The van der Waals surface area contributed by atoms with Crippen molar-refractivity contribution in [1.29, 1.82) is 0 Å². The number of sulfonamides is 1. The van der Waals surface area contributed by atoms with Crippen molar-refractivity contribution in [2.75, 3.05) is 10.5 Å². The number of nitrogens with one attached hydrogen (secondary N) is 1. The lowest BCUT2D eigenvalue weighted by Crippen LogP contribution is -2.14. The van der Waals surface area contributed by atoms with E-state index in [1.165, 1.54) is 18.3 Å². The number of hydrogen-bond donors (Lipinski definition) is 2. The van der Waals surface area contributed by atoms with Crippen LogP contribution < -0.4 is 10.5 Å². The molecule has 0 radical (unpaired) electrons. The highest BCUT2D eigenvalue weighted by atomic mass is 79.9. The highest BCUT2D eigenvalue weighted by Gasteiger charge is 2.15. The van der Waals surface area contributed by atoms with Gasteiger partial charge in [0.1, 0.15) is 5.82 Å².